The lowest BCUT2D eigenvalue weighted by Crippen LogP contribution is -2.35. The van der Waals surface area contributed by atoms with Crippen LogP contribution in [0.25, 0.3) is 0 Å². The molecule has 5 heteroatoms. The molecule has 1 fully saturated rings. The summed E-state index contributed by atoms with van der Waals surface area (Å²) in [5, 5.41) is 6.61. The summed E-state index contributed by atoms with van der Waals surface area (Å²) in [6.07, 6.45) is 4.43. The number of nitrogens with one attached hydrogen (secondary N) is 1. The number of anilines is 1. The molecule has 1 aliphatic heterocycles. The summed E-state index contributed by atoms with van der Waals surface area (Å²) in [5.41, 5.74) is 0. The zero-order valence-corrected chi connectivity index (χ0v) is 9.69. The van der Waals surface area contributed by atoms with Gasteiger partial charge in [-0.25, -0.2) is 0 Å². The number of nitrogens with zero attached hydrogens (tertiary/aromatic N) is 2. The summed E-state index contributed by atoms with van der Waals surface area (Å²) in [6, 6.07) is 1.82. The smallest absolute Gasteiger partial charge is 0.228 e. The van der Waals surface area contributed by atoms with Crippen molar-refractivity contribution in [2.75, 3.05) is 11.4 Å². The number of hydrogen-bond acceptors (Lipinski definition) is 3. The highest BCUT2D eigenvalue weighted by molar-refractivity contribution is 5.92. The number of aromatic nitrogens is 2. The van der Waals surface area contributed by atoms with Crippen molar-refractivity contribution in [1.82, 2.24) is 10.2 Å². The van der Waals surface area contributed by atoms with Crippen LogP contribution in [0.2, 0.25) is 0 Å². The molecule has 0 aliphatic carbocycles. The molecule has 1 saturated heterocycles. The van der Waals surface area contributed by atoms with Crippen molar-refractivity contribution in [2.24, 2.45) is 0 Å². The van der Waals surface area contributed by atoms with Crippen molar-refractivity contribution >= 4 is 17.5 Å². The maximum atomic E-state index is 11.4. The van der Waals surface area contributed by atoms with Crippen molar-refractivity contribution in [2.45, 2.75) is 33.1 Å². The van der Waals surface area contributed by atoms with Gasteiger partial charge in [-0.3, -0.25) is 14.8 Å². The summed E-state index contributed by atoms with van der Waals surface area (Å²) < 4.78 is 0. The molecule has 0 atom stereocenters. The van der Waals surface area contributed by atoms with Crippen LogP contribution < -0.4 is 4.90 Å². The summed E-state index contributed by atoms with van der Waals surface area (Å²) in [7, 11) is 0. The van der Waals surface area contributed by atoms with Gasteiger partial charge in [0.15, 0.2) is 0 Å². The van der Waals surface area contributed by atoms with Crippen LogP contribution in [0, 0.1) is 0 Å². The molecule has 0 bridgehead atoms. The first-order chi connectivity index (χ1) is 7.61. The number of carbonyl (C=O) groups is 2. The molecule has 5 nitrogen and oxygen atoms in total. The third kappa shape index (κ3) is 3.84. The molecule has 0 aromatic carbocycles. The Morgan fingerprint density at radius 1 is 1.44 bits per heavy atom. The van der Waals surface area contributed by atoms with E-state index in [2.05, 4.69) is 10.2 Å². The number of amides is 1. The van der Waals surface area contributed by atoms with Gasteiger partial charge in [0.2, 0.25) is 5.91 Å². The minimum absolute atomic E-state index is 0.167. The number of hydrogen-bond donors (Lipinski definition) is 1. The fourth-order valence-corrected chi connectivity index (χ4v) is 1.46. The van der Waals surface area contributed by atoms with E-state index in [1.165, 1.54) is 13.8 Å². The summed E-state index contributed by atoms with van der Waals surface area (Å²) >= 11 is 0. The number of rotatable bonds is 1. The highest BCUT2D eigenvalue weighted by Gasteiger charge is 2.19. The van der Waals surface area contributed by atoms with E-state index >= 15 is 0 Å². The second-order valence-electron chi connectivity index (χ2n) is 3.85. The quantitative estimate of drug-likeness (QED) is 0.785. The normalized spacial score (nSPS) is 15.4. The number of ketones is 1. The maximum Gasteiger partial charge on any atom is 0.228 e. The van der Waals surface area contributed by atoms with Crippen LogP contribution in [0.15, 0.2) is 12.3 Å². The van der Waals surface area contributed by atoms with E-state index in [0.29, 0.717) is 6.42 Å². The second kappa shape index (κ2) is 6.05. The molecule has 1 amide bonds. The van der Waals surface area contributed by atoms with Gasteiger partial charge in [-0.1, -0.05) is 0 Å². The number of H-pyrrole nitrogens is 1. The Bertz CT molecular complexity index is 342. The van der Waals surface area contributed by atoms with Gasteiger partial charge < -0.3 is 4.79 Å². The highest BCUT2D eigenvalue weighted by Crippen LogP contribution is 2.17. The fraction of sp³-hybridized carbons (Fsp3) is 0.545. The molecule has 0 unspecified atom stereocenters. The minimum Gasteiger partial charge on any atom is -0.300 e. The van der Waals surface area contributed by atoms with Crippen LogP contribution in [0.4, 0.5) is 5.82 Å². The lowest BCUT2D eigenvalue weighted by molar-refractivity contribution is -0.119. The molecule has 1 aromatic rings. The predicted molar refractivity (Wildman–Crippen MR) is 61.1 cm³/mol. The van der Waals surface area contributed by atoms with Gasteiger partial charge in [0, 0.05) is 19.0 Å². The van der Waals surface area contributed by atoms with E-state index in [0.717, 1.165) is 25.2 Å². The van der Waals surface area contributed by atoms with Crippen LogP contribution in [-0.2, 0) is 9.59 Å². The molecular formula is C11H17N3O2. The zero-order valence-electron chi connectivity index (χ0n) is 9.69. The summed E-state index contributed by atoms with van der Waals surface area (Å²) in [5.74, 6) is 1.19. The van der Waals surface area contributed by atoms with Gasteiger partial charge in [0.05, 0.1) is 6.20 Å². The van der Waals surface area contributed by atoms with Crippen LogP contribution in [-0.4, -0.2) is 28.4 Å². The van der Waals surface area contributed by atoms with Crippen molar-refractivity contribution < 1.29 is 9.59 Å². The Morgan fingerprint density at radius 2 is 2.12 bits per heavy atom. The van der Waals surface area contributed by atoms with Crippen molar-refractivity contribution in [1.29, 1.82) is 0 Å². The molecule has 88 valence electrons. The fourth-order valence-electron chi connectivity index (χ4n) is 1.46. The molecule has 0 saturated carbocycles. The van der Waals surface area contributed by atoms with E-state index in [9.17, 15) is 9.59 Å². The molecule has 1 aromatic heterocycles. The van der Waals surface area contributed by atoms with E-state index < -0.39 is 0 Å². The number of aromatic amines is 1. The van der Waals surface area contributed by atoms with Gasteiger partial charge in [-0.05, 0) is 26.7 Å². The first-order valence-electron chi connectivity index (χ1n) is 5.38. The Kier molecular flexibility index (Phi) is 4.69. The Labute approximate surface area is 94.8 Å². The average Bonchev–Trinajstić information content (AvgIpc) is 2.70. The standard InChI is InChI=1S/C8H11N3O.C3H6O/c12-8-3-1-2-6-11(8)7-4-5-9-10-7;1-3(2)4/h4-5H,1-3,6H2,(H,9,10);1-2H3. The summed E-state index contributed by atoms with van der Waals surface area (Å²) in [4.78, 5) is 22.6. The molecule has 1 aliphatic rings. The van der Waals surface area contributed by atoms with Crippen molar-refractivity contribution in [3.8, 4) is 0 Å². The van der Waals surface area contributed by atoms with Crippen LogP contribution >= 0.6 is 0 Å². The number of carbonyl (C=O) groups excluding carboxylic acids is 2. The van der Waals surface area contributed by atoms with E-state index in [1.807, 2.05) is 6.07 Å². The molecule has 1 N–H and O–H groups in total. The lowest BCUT2D eigenvalue weighted by Gasteiger charge is -2.24. The Balaban J connectivity index is 0.000000280. The largest absolute Gasteiger partial charge is 0.300 e. The topological polar surface area (TPSA) is 66.1 Å². The van der Waals surface area contributed by atoms with Crippen molar-refractivity contribution in [3.63, 3.8) is 0 Å². The van der Waals surface area contributed by atoms with Gasteiger partial charge in [-0.15, -0.1) is 0 Å². The molecule has 0 radical (unpaired) electrons. The molecule has 0 spiro atoms. The van der Waals surface area contributed by atoms with Crippen LogP contribution in [0.1, 0.15) is 33.1 Å². The Morgan fingerprint density at radius 3 is 2.62 bits per heavy atom. The van der Waals surface area contributed by atoms with Gasteiger partial charge >= 0.3 is 0 Å². The predicted octanol–water partition coefficient (Wildman–Crippen LogP) is 1.52. The van der Waals surface area contributed by atoms with Gasteiger partial charge in [0.25, 0.3) is 0 Å². The van der Waals surface area contributed by atoms with E-state index in [1.54, 1.807) is 11.1 Å². The third-order valence-electron chi connectivity index (χ3n) is 2.10. The lowest BCUT2D eigenvalue weighted by atomic mass is 10.1. The Hall–Kier alpha value is -1.65. The van der Waals surface area contributed by atoms with E-state index in [-0.39, 0.29) is 11.7 Å². The first kappa shape index (κ1) is 12.4. The van der Waals surface area contributed by atoms with Crippen LogP contribution in [0.5, 0.6) is 0 Å². The molecule has 16 heavy (non-hydrogen) atoms. The van der Waals surface area contributed by atoms with E-state index in [4.69, 9.17) is 0 Å². The third-order valence-corrected chi connectivity index (χ3v) is 2.10. The minimum atomic E-state index is 0.167. The number of Topliss-reactive ketones (excluding diaryl/α,β-unsaturated/α-hetero) is 1. The summed E-state index contributed by atoms with van der Waals surface area (Å²) in [6.45, 7) is 3.88. The molecule has 2 rings (SSSR count). The molecule has 2 heterocycles. The maximum absolute atomic E-state index is 11.4. The SMILES string of the molecule is CC(C)=O.O=C1CCCCN1c1ccn[nH]1. The second-order valence-corrected chi connectivity index (χ2v) is 3.85. The highest BCUT2D eigenvalue weighted by atomic mass is 16.2. The zero-order chi connectivity index (χ0) is 12.0. The van der Waals surface area contributed by atoms with Gasteiger partial charge in [0.1, 0.15) is 11.6 Å². The average molecular weight is 223 g/mol. The number of piperidine rings is 1. The monoisotopic (exact) mass is 223 g/mol. The first-order valence-corrected chi connectivity index (χ1v) is 5.38. The molecular weight excluding hydrogens is 206 g/mol. The van der Waals surface area contributed by atoms with Crippen LogP contribution in [0.3, 0.4) is 0 Å². The van der Waals surface area contributed by atoms with Crippen molar-refractivity contribution in [3.05, 3.63) is 12.3 Å². The van der Waals surface area contributed by atoms with Gasteiger partial charge in [-0.2, -0.15) is 5.10 Å².